The summed E-state index contributed by atoms with van der Waals surface area (Å²) in [6.45, 7) is 4.89. The lowest BCUT2D eigenvalue weighted by Gasteiger charge is -2.20. The first-order chi connectivity index (χ1) is 9.52. The predicted octanol–water partition coefficient (Wildman–Crippen LogP) is 1.11. The number of carbonyl (C=O) groups is 2. The second-order valence-electron chi connectivity index (χ2n) is 4.70. The Kier molecular flexibility index (Phi) is 6.73. The first kappa shape index (κ1) is 16.2. The Bertz CT molecular complexity index is 443. The average Bonchev–Trinajstić information content (AvgIpc) is 2.40. The van der Waals surface area contributed by atoms with Gasteiger partial charge in [-0.05, 0) is 12.5 Å². The quantitative estimate of drug-likeness (QED) is 0.760. The maximum atomic E-state index is 11.7. The molecule has 0 radical (unpaired) electrons. The van der Waals surface area contributed by atoms with Crippen molar-refractivity contribution in [3.63, 3.8) is 0 Å². The van der Waals surface area contributed by atoms with Gasteiger partial charge in [0.2, 0.25) is 11.8 Å². The molecule has 0 aliphatic carbocycles. The Morgan fingerprint density at radius 1 is 1.25 bits per heavy atom. The molecule has 0 atom stereocenters. The van der Waals surface area contributed by atoms with Crippen LogP contribution in [0.2, 0.25) is 0 Å². The Morgan fingerprint density at radius 3 is 2.45 bits per heavy atom. The Balaban J connectivity index is 2.54. The molecule has 20 heavy (non-hydrogen) atoms. The normalized spacial score (nSPS) is 10.2. The molecule has 0 heterocycles. The number of nitrogens with one attached hydrogen (secondary N) is 1. The lowest BCUT2D eigenvalue weighted by Crippen LogP contribution is -2.40. The lowest BCUT2D eigenvalue weighted by atomic mass is 10.1. The zero-order chi connectivity index (χ0) is 15.0. The van der Waals surface area contributed by atoms with Crippen LogP contribution in [0.25, 0.3) is 0 Å². The van der Waals surface area contributed by atoms with Gasteiger partial charge in [-0.15, -0.1) is 0 Å². The fourth-order valence-electron chi connectivity index (χ4n) is 1.71. The van der Waals surface area contributed by atoms with Gasteiger partial charge >= 0.3 is 0 Å². The van der Waals surface area contributed by atoms with Crippen LogP contribution in [0, 0.1) is 6.92 Å². The SMILES string of the molecule is COCCNC(=O)CN(Cc1ccc(C)cc1)C(C)=O. The van der Waals surface area contributed by atoms with Gasteiger partial charge in [0.25, 0.3) is 0 Å². The monoisotopic (exact) mass is 278 g/mol. The van der Waals surface area contributed by atoms with E-state index in [-0.39, 0.29) is 18.4 Å². The van der Waals surface area contributed by atoms with Crippen LogP contribution in [-0.2, 0) is 20.9 Å². The molecule has 0 saturated carbocycles. The molecule has 0 spiro atoms. The topological polar surface area (TPSA) is 58.6 Å². The van der Waals surface area contributed by atoms with E-state index in [1.54, 1.807) is 7.11 Å². The molecule has 110 valence electrons. The third kappa shape index (κ3) is 5.84. The second kappa shape index (κ2) is 8.32. The average molecular weight is 278 g/mol. The molecule has 1 rings (SSSR count). The van der Waals surface area contributed by atoms with Gasteiger partial charge < -0.3 is 15.0 Å². The minimum absolute atomic E-state index is 0.0624. The Labute approximate surface area is 119 Å². The van der Waals surface area contributed by atoms with Crippen molar-refractivity contribution < 1.29 is 14.3 Å². The highest BCUT2D eigenvalue weighted by Gasteiger charge is 2.13. The van der Waals surface area contributed by atoms with Gasteiger partial charge in [0.05, 0.1) is 13.2 Å². The van der Waals surface area contributed by atoms with Crippen LogP contribution >= 0.6 is 0 Å². The van der Waals surface area contributed by atoms with Gasteiger partial charge in [0.15, 0.2) is 0 Å². The molecular formula is C15H22N2O3. The van der Waals surface area contributed by atoms with Crippen molar-refractivity contribution in [1.82, 2.24) is 10.2 Å². The number of aryl methyl sites for hydroxylation is 1. The number of hydrogen-bond donors (Lipinski definition) is 1. The molecule has 5 nitrogen and oxygen atoms in total. The summed E-state index contributed by atoms with van der Waals surface area (Å²) in [5.74, 6) is -0.295. The van der Waals surface area contributed by atoms with Gasteiger partial charge in [-0.25, -0.2) is 0 Å². The number of methoxy groups -OCH3 is 1. The van der Waals surface area contributed by atoms with Crippen molar-refractivity contribution in [3.05, 3.63) is 35.4 Å². The van der Waals surface area contributed by atoms with Crippen LogP contribution in [0.5, 0.6) is 0 Å². The molecule has 0 fully saturated rings. The van der Waals surface area contributed by atoms with Crippen LogP contribution < -0.4 is 5.32 Å². The van der Waals surface area contributed by atoms with E-state index in [0.29, 0.717) is 19.7 Å². The number of rotatable bonds is 7. The van der Waals surface area contributed by atoms with Gasteiger partial charge in [0.1, 0.15) is 0 Å². The summed E-state index contributed by atoms with van der Waals surface area (Å²) in [5, 5.41) is 2.71. The van der Waals surface area contributed by atoms with Crippen LogP contribution in [0.3, 0.4) is 0 Å². The van der Waals surface area contributed by atoms with E-state index in [9.17, 15) is 9.59 Å². The van der Waals surface area contributed by atoms with Crippen molar-refractivity contribution in [2.45, 2.75) is 20.4 Å². The summed E-state index contributed by atoms with van der Waals surface area (Å²) in [6.07, 6.45) is 0. The highest BCUT2D eigenvalue weighted by atomic mass is 16.5. The van der Waals surface area contributed by atoms with E-state index >= 15 is 0 Å². The molecule has 0 aromatic heterocycles. The minimum Gasteiger partial charge on any atom is -0.383 e. The van der Waals surface area contributed by atoms with Gasteiger partial charge in [-0.3, -0.25) is 9.59 Å². The van der Waals surface area contributed by atoms with Crippen LogP contribution in [-0.4, -0.2) is 43.5 Å². The summed E-state index contributed by atoms with van der Waals surface area (Å²) >= 11 is 0. The van der Waals surface area contributed by atoms with Crippen molar-refractivity contribution in [1.29, 1.82) is 0 Å². The summed E-state index contributed by atoms with van der Waals surface area (Å²) in [7, 11) is 1.57. The zero-order valence-corrected chi connectivity index (χ0v) is 12.3. The minimum atomic E-state index is -0.177. The van der Waals surface area contributed by atoms with E-state index in [1.807, 2.05) is 31.2 Å². The summed E-state index contributed by atoms with van der Waals surface area (Å²) in [5.41, 5.74) is 2.18. The predicted molar refractivity (Wildman–Crippen MR) is 77.2 cm³/mol. The van der Waals surface area contributed by atoms with E-state index < -0.39 is 0 Å². The first-order valence-electron chi connectivity index (χ1n) is 6.59. The summed E-state index contributed by atoms with van der Waals surface area (Å²) in [4.78, 5) is 24.8. The lowest BCUT2D eigenvalue weighted by molar-refractivity contribution is -0.135. The Hall–Kier alpha value is -1.88. The van der Waals surface area contributed by atoms with E-state index in [1.165, 1.54) is 17.4 Å². The van der Waals surface area contributed by atoms with Crippen LogP contribution in [0.4, 0.5) is 0 Å². The highest BCUT2D eigenvalue weighted by Crippen LogP contribution is 2.07. The van der Waals surface area contributed by atoms with Crippen molar-refractivity contribution >= 4 is 11.8 Å². The maximum Gasteiger partial charge on any atom is 0.239 e. The molecule has 0 unspecified atom stereocenters. The molecule has 0 bridgehead atoms. The van der Waals surface area contributed by atoms with E-state index in [2.05, 4.69) is 5.32 Å². The molecule has 2 amide bonds. The number of hydrogen-bond acceptors (Lipinski definition) is 3. The first-order valence-corrected chi connectivity index (χ1v) is 6.59. The largest absolute Gasteiger partial charge is 0.383 e. The smallest absolute Gasteiger partial charge is 0.239 e. The van der Waals surface area contributed by atoms with Crippen molar-refractivity contribution in [3.8, 4) is 0 Å². The number of benzene rings is 1. The molecule has 1 aromatic rings. The molecule has 0 aliphatic heterocycles. The molecule has 0 aliphatic rings. The van der Waals surface area contributed by atoms with Gasteiger partial charge in [0, 0.05) is 27.1 Å². The number of nitrogens with zero attached hydrogens (tertiary/aromatic N) is 1. The number of amides is 2. The van der Waals surface area contributed by atoms with Crippen LogP contribution in [0.1, 0.15) is 18.1 Å². The van der Waals surface area contributed by atoms with Crippen LogP contribution in [0.15, 0.2) is 24.3 Å². The van der Waals surface area contributed by atoms with E-state index in [4.69, 9.17) is 4.74 Å². The highest BCUT2D eigenvalue weighted by molar-refractivity contribution is 5.83. The Morgan fingerprint density at radius 2 is 1.90 bits per heavy atom. The van der Waals surface area contributed by atoms with Gasteiger partial charge in [-0.2, -0.15) is 0 Å². The number of ether oxygens (including phenoxy) is 1. The summed E-state index contributed by atoms with van der Waals surface area (Å²) in [6, 6.07) is 7.92. The van der Waals surface area contributed by atoms with E-state index in [0.717, 1.165) is 5.56 Å². The second-order valence-corrected chi connectivity index (χ2v) is 4.70. The fraction of sp³-hybridized carbons (Fsp3) is 0.467. The summed E-state index contributed by atoms with van der Waals surface area (Å²) < 4.78 is 4.86. The van der Waals surface area contributed by atoms with Gasteiger partial charge in [-0.1, -0.05) is 29.8 Å². The fourth-order valence-corrected chi connectivity index (χ4v) is 1.71. The van der Waals surface area contributed by atoms with Crippen molar-refractivity contribution in [2.75, 3.05) is 26.8 Å². The zero-order valence-electron chi connectivity index (χ0n) is 12.3. The molecule has 0 saturated heterocycles. The molecule has 1 N–H and O–H groups in total. The molecular weight excluding hydrogens is 256 g/mol. The standard InChI is InChI=1S/C15H22N2O3/c1-12-4-6-14(7-5-12)10-17(13(2)18)11-15(19)16-8-9-20-3/h4-7H,8-11H2,1-3H3,(H,16,19). The third-order valence-electron chi connectivity index (χ3n) is 2.90. The van der Waals surface area contributed by atoms with Crippen molar-refractivity contribution in [2.24, 2.45) is 0 Å². The number of carbonyl (C=O) groups excluding carboxylic acids is 2. The molecule has 5 heteroatoms. The third-order valence-corrected chi connectivity index (χ3v) is 2.90. The molecule has 1 aromatic carbocycles. The maximum absolute atomic E-state index is 11.7.